The average Bonchev–Trinajstić information content (AvgIpc) is 2.28. The van der Waals surface area contributed by atoms with Crippen LogP contribution in [0.2, 0.25) is 0 Å². The van der Waals surface area contributed by atoms with Gasteiger partial charge in [0, 0.05) is 12.2 Å². The third-order valence-corrected chi connectivity index (χ3v) is 4.19. The van der Waals surface area contributed by atoms with Crippen LogP contribution in [0.25, 0.3) is 0 Å². The van der Waals surface area contributed by atoms with Crippen LogP contribution in [-0.2, 0) is 10.0 Å². The molecule has 0 saturated heterocycles. The lowest BCUT2D eigenvalue weighted by Crippen LogP contribution is -2.32. The Labute approximate surface area is 107 Å². The maximum Gasteiger partial charge on any atom is 0.246 e. The van der Waals surface area contributed by atoms with E-state index >= 15 is 0 Å². The molecule has 1 rings (SSSR count). The molecule has 0 unspecified atom stereocenters. The SMILES string of the molecule is C#CCN(CCC)S(=O)(=O)c1ccc(N)cc1F. The summed E-state index contributed by atoms with van der Waals surface area (Å²) in [5, 5.41) is 0. The number of nitrogens with two attached hydrogens (primary N) is 1. The van der Waals surface area contributed by atoms with Crippen molar-refractivity contribution in [1.29, 1.82) is 0 Å². The summed E-state index contributed by atoms with van der Waals surface area (Å²) in [6.07, 6.45) is 5.72. The molecule has 1 aromatic rings. The van der Waals surface area contributed by atoms with E-state index in [-0.39, 0.29) is 18.8 Å². The maximum absolute atomic E-state index is 13.6. The van der Waals surface area contributed by atoms with Crippen molar-refractivity contribution in [3.05, 3.63) is 24.0 Å². The molecule has 0 aliphatic heterocycles. The highest BCUT2D eigenvalue weighted by molar-refractivity contribution is 7.89. The molecule has 0 heterocycles. The first-order chi connectivity index (χ1) is 8.43. The van der Waals surface area contributed by atoms with E-state index in [4.69, 9.17) is 12.2 Å². The molecule has 0 bridgehead atoms. The number of benzene rings is 1. The predicted molar refractivity (Wildman–Crippen MR) is 68.7 cm³/mol. The Hall–Kier alpha value is -1.58. The van der Waals surface area contributed by atoms with Gasteiger partial charge in [0.05, 0.1) is 6.54 Å². The topological polar surface area (TPSA) is 63.4 Å². The van der Waals surface area contributed by atoms with Crippen molar-refractivity contribution in [3.8, 4) is 12.3 Å². The molecule has 0 fully saturated rings. The van der Waals surface area contributed by atoms with Crippen LogP contribution in [-0.4, -0.2) is 25.8 Å². The molecule has 0 aliphatic rings. The van der Waals surface area contributed by atoms with Crippen molar-refractivity contribution in [1.82, 2.24) is 4.31 Å². The van der Waals surface area contributed by atoms with Crippen LogP contribution >= 0.6 is 0 Å². The fourth-order valence-corrected chi connectivity index (χ4v) is 2.99. The lowest BCUT2D eigenvalue weighted by atomic mass is 10.3. The van der Waals surface area contributed by atoms with Gasteiger partial charge in [-0.25, -0.2) is 12.8 Å². The summed E-state index contributed by atoms with van der Waals surface area (Å²) >= 11 is 0. The van der Waals surface area contributed by atoms with Gasteiger partial charge >= 0.3 is 0 Å². The van der Waals surface area contributed by atoms with Crippen molar-refractivity contribution < 1.29 is 12.8 Å². The second-order valence-electron chi connectivity index (χ2n) is 3.73. The predicted octanol–water partition coefficient (Wildman–Crippen LogP) is 1.44. The molecule has 0 spiro atoms. The van der Waals surface area contributed by atoms with Crippen molar-refractivity contribution in [2.45, 2.75) is 18.2 Å². The zero-order chi connectivity index (χ0) is 13.8. The number of hydrogen-bond acceptors (Lipinski definition) is 3. The Morgan fingerprint density at radius 2 is 2.17 bits per heavy atom. The minimum atomic E-state index is -3.91. The lowest BCUT2D eigenvalue weighted by molar-refractivity contribution is 0.440. The van der Waals surface area contributed by atoms with E-state index in [0.717, 1.165) is 16.4 Å². The van der Waals surface area contributed by atoms with Crippen molar-refractivity contribution >= 4 is 15.7 Å². The van der Waals surface area contributed by atoms with Gasteiger partial charge in [-0.3, -0.25) is 0 Å². The Kier molecular flexibility index (Phi) is 4.70. The van der Waals surface area contributed by atoms with E-state index < -0.39 is 20.7 Å². The van der Waals surface area contributed by atoms with Gasteiger partial charge in [0.15, 0.2) is 0 Å². The number of anilines is 1. The first-order valence-electron chi connectivity index (χ1n) is 5.42. The Bertz CT molecular complexity index is 564. The quantitative estimate of drug-likeness (QED) is 0.650. The molecule has 0 aliphatic carbocycles. The van der Waals surface area contributed by atoms with Gasteiger partial charge in [-0.05, 0) is 24.6 Å². The van der Waals surface area contributed by atoms with Crippen LogP contribution in [0, 0.1) is 18.2 Å². The van der Waals surface area contributed by atoms with E-state index in [1.54, 1.807) is 0 Å². The Morgan fingerprint density at radius 1 is 1.50 bits per heavy atom. The van der Waals surface area contributed by atoms with Crippen LogP contribution in [0.3, 0.4) is 0 Å². The number of hydrogen-bond donors (Lipinski definition) is 1. The normalized spacial score (nSPS) is 11.4. The summed E-state index contributed by atoms with van der Waals surface area (Å²) in [6, 6.07) is 3.47. The summed E-state index contributed by atoms with van der Waals surface area (Å²) in [5.41, 5.74) is 5.56. The second kappa shape index (κ2) is 5.85. The molecule has 4 nitrogen and oxygen atoms in total. The summed E-state index contributed by atoms with van der Waals surface area (Å²) in [4.78, 5) is -0.402. The number of nitrogen functional groups attached to an aromatic ring is 1. The monoisotopic (exact) mass is 270 g/mol. The molecule has 0 atom stereocenters. The van der Waals surface area contributed by atoms with E-state index in [9.17, 15) is 12.8 Å². The highest BCUT2D eigenvalue weighted by Crippen LogP contribution is 2.21. The molecule has 0 aromatic heterocycles. The minimum Gasteiger partial charge on any atom is -0.399 e. The Morgan fingerprint density at radius 3 is 2.67 bits per heavy atom. The minimum absolute atomic E-state index is 0.0833. The lowest BCUT2D eigenvalue weighted by Gasteiger charge is -2.19. The van der Waals surface area contributed by atoms with E-state index in [0.29, 0.717) is 6.42 Å². The van der Waals surface area contributed by atoms with Gasteiger partial charge in [-0.15, -0.1) is 6.42 Å². The maximum atomic E-state index is 13.6. The first kappa shape index (κ1) is 14.5. The number of sulfonamides is 1. The van der Waals surface area contributed by atoms with Crippen LogP contribution in [0.4, 0.5) is 10.1 Å². The highest BCUT2D eigenvalue weighted by Gasteiger charge is 2.26. The van der Waals surface area contributed by atoms with Crippen LogP contribution in [0.1, 0.15) is 13.3 Å². The third kappa shape index (κ3) is 3.00. The smallest absolute Gasteiger partial charge is 0.246 e. The van der Waals surface area contributed by atoms with Crippen molar-refractivity contribution in [2.24, 2.45) is 0 Å². The van der Waals surface area contributed by atoms with Gasteiger partial charge in [-0.1, -0.05) is 12.8 Å². The third-order valence-electron chi connectivity index (χ3n) is 2.31. The first-order valence-corrected chi connectivity index (χ1v) is 6.86. The zero-order valence-corrected chi connectivity index (χ0v) is 10.9. The molecule has 0 radical (unpaired) electrons. The van der Waals surface area contributed by atoms with Crippen LogP contribution < -0.4 is 5.73 Å². The van der Waals surface area contributed by atoms with E-state index in [2.05, 4.69) is 5.92 Å². The molecule has 1 aromatic carbocycles. The van der Waals surface area contributed by atoms with Crippen LogP contribution in [0.5, 0.6) is 0 Å². The molecule has 18 heavy (non-hydrogen) atoms. The molecule has 0 saturated carbocycles. The molecular weight excluding hydrogens is 255 g/mol. The van der Waals surface area contributed by atoms with Gasteiger partial charge in [0.2, 0.25) is 10.0 Å². The standard InChI is InChI=1S/C12H15FN2O2S/c1-3-7-15(8-4-2)18(16,17)12-6-5-10(14)9-11(12)13/h1,5-6,9H,4,7-8,14H2,2H3. The van der Waals surface area contributed by atoms with E-state index in [1.807, 2.05) is 6.92 Å². The molecule has 6 heteroatoms. The summed E-state index contributed by atoms with van der Waals surface area (Å²) in [7, 11) is -3.91. The van der Waals surface area contributed by atoms with Crippen molar-refractivity contribution in [3.63, 3.8) is 0 Å². The van der Waals surface area contributed by atoms with E-state index in [1.165, 1.54) is 6.07 Å². The number of terminal acetylenes is 1. The fourth-order valence-electron chi connectivity index (χ4n) is 1.50. The van der Waals surface area contributed by atoms with Gasteiger partial charge in [0.1, 0.15) is 10.7 Å². The summed E-state index contributed by atoms with van der Waals surface area (Å²) in [6.45, 7) is 1.98. The molecular formula is C12H15FN2O2S. The van der Waals surface area contributed by atoms with Gasteiger partial charge in [0.25, 0.3) is 0 Å². The highest BCUT2D eigenvalue weighted by atomic mass is 32.2. The number of rotatable bonds is 5. The zero-order valence-electron chi connectivity index (χ0n) is 10.1. The molecule has 2 N–H and O–H groups in total. The second-order valence-corrected chi connectivity index (χ2v) is 5.64. The largest absolute Gasteiger partial charge is 0.399 e. The summed E-state index contributed by atoms with van der Waals surface area (Å²) < 4.78 is 39.1. The van der Waals surface area contributed by atoms with Crippen LogP contribution in [0.15, 0.2) is 23.1 Å². The number of halogens is 1. The average molecular weight is 270 g/mol. The van der Waals surface area contributed by atoms with Crippen molar-refractivity contribution in [2.75, 3.05) is 18.8 Å². The summed E-state index contributed by atoms with van der Waals surface area (Å²) in [5.74, 6) is 1.39. The Balaban J connectivity index is 3.22. The van der Waals surface area contributed by atoms with Gasteiger partial charge in [-0.2, -0.15) is 4.31 Å². The number of nitrogens with zero attached hydrogens (tertiary/aromatic N) is 1. The molecule has 0 amide bonds. The van der Waals surface area contributed by atoms with Gasteiger partial charge < -0.3 is 5.73 Å². The molecule has 98 valence electrons. The fraction of sp³-hybridized carbons (Fsp3) is 0.333.